The van der Waals surface area contributed by atoms with Crippen LogP contribution in [-0.4, -0.2) is 30.4 Å². The summed E-state index contributed by atoms with van der Waals surface area (Å²) in [7, 11) is -9.38. The standard InChI is InChI=1S/C60H56N2OSi4/c1-64(2)55-35-19-27-43-47(55)39-48-44(59(43)61(41-23-11-9-12-24-41)42-25-13-10-14-26-42)28-20-36-56(48)65(3,4)67(7,8)58-38-22-30-46-50(58)40-49-45(29-21-37-57(49)66(64,5)6)60(46)62-51-31-15-17-33-53(51)63-54-34-18-16-32-52(54)62/h9-40H,1-8H3. The van der Waals surface area contributed by atoms with Crippen LogP contribution in [0.25, 0.3) is 43.1 Å². The molecule has 2 aliphatic heterocycles. The van der Waals surface area contributed by atoms with Crippen LogP contribution >= 0.6 is 0 Å². The number of hydrogen-bond donors (Lipinski definition) is 0. The van der Waals surface area contributed by atoms with Gasteiger partial charge in [0, 0.05) is 32.9 Å². The lowest BCUT2D eigenvalue weighted by molar-refractivity contribution is 0.477. The highest BCUT2D eigenvalue weighted by Crippen LogP contribution is 2.54. The zero-order valence-electron chi connectivity index (χ0n) is 39.8. The van der Waals surface area contributed by atoms with Gasteiger partial charge in [0.15, 0.2) is 11.5 Å². The Bertz CT molecular complexity index is 3410. The first-order chi connectivity index (χ1) is 32.3. The number of para-hydroxylation sites is 6. The predicted molar refractivity (Wildman–Crippen MR) is 301 cm³/mol. The quantitative estimate of drug-likeness (QED) is 0.129. The van der Waals surface area contributed by atoms with Gasteiger partial charge in [-0.25, -0.2) is 0 Å². The molecular formula is C60H56N2OSi4. The molecule has 0 atom stereocenters. The van der Waals surface area contributed by atoms with Crippen LogP contribution in [0.4, 0.5) is 34.1 Å². The van der Waals surface area contributed by atoms with Crippen LogP contribution in [0.2, 0.25) is 52.4 Å². The summed E-state index contributed by atoms with van der Waals surface area (Å²) in [4.78, 5) is 5.08. The molecule has 0 spiro atoms. The fraction of sp³-hybridized carbons (Fsp3) is 0.133. The maximum atomic E-state index is 6.68. The Kier molecular flexibility index (Phi) is 9.39. The monoisotopic (exact) mass is 932 g/mol. The van der Waals surface area contributed by atoms with E-state index in [1.807, 2.05) is 0 Å². The lowest BCUT2D eigenvalue weighted by atomic mass is 9.98. The number of anilines is 6. The van der Waals surface area contributed by atoms with Gasteiger partial charge >= 0.3 is 0 Å². The van der Waals surface area contributed by atoms with Gasteiger partial charge in [0.1, 0.15) is 0 Å². The van der Waals surface area contributed by atoms with Gasteiger partial charge in [-0.15, -0.1) is 0 Å². The molecule has 7 heteroatoms. The minimum Gasteiger partial charge on any atom is -0.453 e. The molecule has 10 aromatic rings. The summed E-state index contributed by atoms with van der Waals surface area (Å²) in [5.41, 5.74) is 7.02. The molecule has 67 heavy (non-hydrogen) atoms. The van der Waals surface area contributed by atoms with E-state index in [2.05, 4.69) is 256 Å². The number of nitrogens with zero attached hydrogens (tertiary/aromatic N) is 2. The molecule has 0 fully saturated rings. The van der Waals surface area contributed by atoms with Gasteiger partial charge in [-0.1, -0.05) is 207 Å². The molecule has 0 N–H and O–H groups in total. The van der Waals surface area contributed by atoms with Crippen molar-refractivity contribution in [1.29, 1.82) is 0 Å². The number of ether oxygens (including phenoxy) is 1. The molecule has 4 bridgehead atoms. The molecule has 3 nitrogen and oxygen atoms in total. The third-order valence-corrected chi connectivity index (χ3v) is 52.1. The lowest BCUT2D eigenvalue weighted by Gasteiger charge is -2.43. The van der Waals surface area contributed by atoms with Gasteiger partial charge in [-0.05, 0) is 82.2 Å². The molecule has 328 valence electrons. The molecule has 0 aliphatic carbocycles. The van der Waals surface area contributed by atoms with Gasteiger partial charge in [0.25, 0.3) is 0 Å². The molecule has 0 amide bonds. The third kappa shape index (κ3) is 5.97. The SMILES string of the molecule is C[Si]1(C)c2cccc3c(N(c4ccccc4)c4ccccc4)c4cccc(c4cc23)[Si](C)(C)[Si](C)(C)c2cccc3c(N4c5ccccc5Oc5ccccc54)c4cccc(c4cc23)[Si]1(C)C. The van der Waals surface area contributed by atoms with E-state index < -0.39 is 30.4 Å². The first-order valence-corrected chi connectivity index (χ1v) is 37.9. The second-order valence-electron chi connectivity index (χ2n) is 20.9. The van der Waals surface area contributed by atoms with Gasteiger partial charge < -0.3 is 14.5 Å². The maximum Gasteiger partial charge on any atom is 0.151 e. The van der Waals surface area contributed by atoms with Crippen molar-refractivity contribution in [3.8, 4) is 11.5 Å². The topological polar surface area (TPSA) is 15.7 Å². The van der Waals surface area contributed by atoms with E-state index in [-0.39, 0.29) is 0 Å². The predicted octanol–water partition coefficient (Wildman–Crippen LogP) is 14.9. The molecule has 10 aromatic carbocycles. The Hall–Kier alpha value is -6.49. The summed E-state index contributed by atoms with van der Waals surface area (Å²) in [5, 5.41) is 17.1. The van der Waals surface area contributed by atoms with Crippen LogP contribution in [-0.2, 0) is 0 Å². The van der Waals surface area contributed by atoms with E-state index in [4.69, 9.17) is 4.74 Å². The Morgan fingerprint density at radius 3 is 1.04 bits per heavy atom. The summed E-state index contributed by atoms with van der Waals surface area (Å²) in [5.74, 6) is 1.76. The Labute approximate surface area is 398 Å². The highest BCUT2D eigenvalue weighted by molar-refractivity contribution is 7.51. The number of benzene rings is 10. The van der Waals surface area contributed by atoms with Gasteiger partial charge in [-0.2, -0.15) is 0 Å². The molecule has 12 rings (SSSR count). The van der Waals surface area contributed by atoms with Crippen LogP contribution in [0.3, 0.4) is 0 Å². The van der Waals surface area contributed by atoms with Crippen LogP contribution in [0, 0.1) is 0 Å². The highest BCUT2D eigenvalue weighted by atomic mass is 29.3. The fourth-order valence-corrected chi connectivity index (χ4v) is 30.8. The molecule has 0 saturated heterocycles. The van der Waals surface area contributed by atoms with Crippen molar-refractivity contribution in [1.82, 2.24) is 0 Å². The van der Waals surface area contributed by atoms with E-state index in [0.717, 1.165) is 22.9 Å². The zero-order valence-corrected chi connectivity index (χ0v) is 43.8. The minimum atomic E-state index is -2.35. The minimum absolute atomic E-state index is 0.882. The summed E-state index contributed by atoms with van der Waals surface area (Å²) < 4.78 is 6.68. The van der Waals surface area contributed by atoms with Crippen molar-refractivity contribution in [3.05, 3.63) is 194 Å². The zero-order chi connectivity index (χ0) is 46.0. The maximum absolute atomic E-state index is 6.68. The normalized spacial score (nSPS) is 16.3. The molecule has 0 unspecified atom stereocenters. The van der Waals surface area contributed by atoms with Crippen molar-refractivity contribution in [2.75, 3.05) is 9.80 Å². The van der Waals surface area contributed by atoms with Crippen LogP contribution in [0.5, 0.6) is 11.5 Å². The van der Waals surface area contributed by atoms with Crippen LogP contribution in [0.15, 0.2) is 194 Å². The average molecular weight is 933 g/mol. The Morgan fingerprint density at radius 1 is 0.328 bits per heavy atom. The molecule has 0 radical (unpaired) electrons. The van der Waals surface area contributed by atoms with E-state index in [9.17, 15) is 0 Å². The van der Waals surface area contributed by atoms with Crippen LogP contribution < -0.4 is 35.3 Å². The summed E-state index contributed by atoms with van der Waals surface area (Å²) in [6, 6.07) is 73.8. The smallest absolute Gasteiger partial charge is 0.151 e. The van der Waals surface area contributed by atoms with Crippen molar-refractivity contribution >= 4 is 128 Å². The van der Waals surface area contributed by atoms with Gasteiger partial charge in [-0.3, -0.25) is 0 Å². The first kappa shape index (κ1) is 41.9. The number of fused-ring (bicyclic) bond motifs is 2. The van der Waals surface area contributed by atoms with Gasteiger partial charge in [0.05, 0.1) is 53.1 Å². The molecule has 2 aliphatic rings. The van der Waals surface area contributed by atoms with E-state index in [1.165, 1.54) is 65.8 Å². The summed E-state index contributed by atoms with van der Waals surface area (Å²) >= 11 is 0. The first-order valence-electron chi connectivity index (χ1n) is 23.9. The van der Waals surface area contributed by atoms with E-state index in [0.29, 0.717) is 0 Å². The Balaban J connectivity index is 1.25. The van der Waals surface area contributed by atoms with Crippen molar-refractivity contribution in [3.63, 3.8) is 0 Å². The van der Waals surface area contributed by atoms with Crippen molar-refractivity contribution in [2.45, 2.75) is 52.4 Å². The average Bonchev–Trinajstić information content (AvgIpc) is 3.34. The highest BCUT2D eigenvalue weighted by Gasteiger charge is 2.48. The second kappa shape index (κ2) is 15.0. The molecule has 2 heterocycles. The number of rotatable bonds is 4. The van der Waals surface area contributed by atoms with Crippen molar-refractivity contribution < 1.29 is 4.74 Å². The lowest BCUT2D eigenvalue weighted by Crippen LogP contribution is -2.70. The second-order valence-corrected chi connectivity index (χ2v) is 51.1. The van der Waals surface area contributed by atoms with Gasteiger partial charge in [0.2, 0.25) is 0 Å². The van der Waals surface area contributed by atoms with Crippen LogP contribution in [0.1, 0.15) is 0 Å². The summed E-state index contributed by atoms with van der Waals surface area (Å²) in [6.45, 7) is 21.5. The molecular weight excluding hydrogens is 877 g/mol. The van der Waals surface area contributed by atoms with Crippen molar-refractivity contribution in [2.24, 2.45) is 0 Å². The fourth-order valence-electron chi connectivity index (χ4n) is 11.8. The molecule has 0 saturated carbocycles. The van der Waals surface area contributed by atoms with E-state index >= 15 is 0 Å². The third-order valence-electron chi connectivity index (χ3n) is 16.7. The molecule has 0 aromatic heterocycles. The Morgan fingerprint density at radius 2 is 0.657 bits per heavy atom. The number of hydrogen-bond acceptors (Lipinski definition) is 3. The van der Waals surface area contributed by atoms with E-state index in [1.54, 1.807) is 20.7 Å². The largest absolute Gasteiger partial charge is 0.453 e. The summed E-state index contributed by atoms with van der Waals surface area (Å²) in [6.07, 6.45) is 0.